The Hall–Kier alpha value is -3.99. The highest BCUT2D eigenvalue weighted by atomic mass is 19.2. The van der Waals surface area contributed by atoms with Crippen molar-refractivity contribution in [1.29, 1.82) is 0 Å². The minimum Gasteiger partial charge on any atom is -0.494 e. The van der Waals surface area contributed by atoms with Gasteiger partial charge in [-0.3, -0.25) is 0 Å². The second-order valence-corrected chi connectivity index (χ2v) is 7.40. The van der Waals surface area contributed by atoms with E-state index in [1.807, 2.05) is 12.1 Å². The van der Waals surface area contributed by atoms with Crippen molar-refractivity contribution < 1.29 is 22.6 Å². The van der Waals surface area contributed by atoms with E-state index in [2.05, 4.69) is 6.58 Å². The fraction of sp³-hybridized carbons (Fsp3) is 0.0714. The molecule has 0 N–H and O–H groups in total. The highest BCUT2D eigenvalue weighted by Crippen LogP contribution is 2.31. The fourth-order valence-electron chi connectivity index (χ4n) is 3.47. The molecule has 0 bridgehead atoms. The predicted molar refractivity (Wildman–Crippen MR) is 125 cm³/mol. The quantitative estimate of drug-likeness (QED) is 0.290. The number of hydrogen-bond donors (Lipinski definition) is 0. The van der Waals surface area contributed by atoms with Crippen LogP contribution >= 0.6 is 0 Å². The van der Waals surface area contributed by atoms with E-state index in [0.717, 1.165) is 16.7 Å². The molecule has 0 radical (unpaired) electrons. The summed E-state index contributed by atoms with van der Waals surface area (Å²) in [5, 5.41) is 0. The molecule has 0 spiro atoms. The van der Waals surface area contributed by atoms with Crippen LogP contribution in [0.4, 0.5) is 13.2 Å². The first-order chi connectivity index (χ1) is 16.0. The molecule has 0 aromatic heterocycles. The zero-order valence-corrected chi connectivity index (χ0v) is 17.9. The molecular formula is C28H21F3O2. The molecular weight excluding hydrogens is 425 g/mol. The second-order valence-electron chi connectivity index (χ2n) is 7.40. The van der Waals surface area contributed by atoms with Crippen LogP contribution in [-0.4, -0.2) is 7.11 Å². The maximum absolute atomic E-state index is 14.7. The van der Waals surface area contributed by atoms with E-state index in [9.17, 15) is 13.2 Å². The van der Waals surface area contributed by atoms with Crippen molar-refractivity contribution in [3.05, 3.63) is 114 Å². The van der Waals surface area contributed by atoms with Gasteiger partial charge in [0.2, 0.25) is 5.82 Å². The zero-order chi connectivity index (χ0) is 23.4. The lowest BCUT2D eigenvalue weighted by atomic mass is 10.0. The molecule has 0 atom stereocenters. The van der Waals surface area contributed by atoms with Gasteiger partial charge in [-0.1, -0.05) is 67.3 Å². The first-order valence-electron chi connectivity index (χ1n) is 10.3. The molecule has 4 aromatic carbocycles. The van der Waals surface area contributed by atoms with Gasteiger partial charge in [-0.15, -0.1) is 0 Å². The summed E-state index contributed by atoms with van der Waals surface area (Å²) in [6.45, 7) is 3.74. The topological polar surface area (TPSA) is 18.5 Å². The number of ether oxygens (including phenoxy) is 2. The Kier molecular flexibility index (Phi) is 6.50. The van der Waals surface area contributed by atoms with Crippen molar-refractivity contribution in [2.45, 2.75) is 6.61 Å². The first-order valence-corrected chi connectivity index (χ1v) is 10.3. The van der Waals surface area contributed by atoms with Crippen LogP contribution in [0.5, 0.6) is 11.5 Å². The van der Waals surface area contributed by atoms with Crippen LogP contribution in [0.3, 0.4) is 0 Å². The summed E-state index contributed by atoms with van der Waals surface area (Å²) in [6, 6.07) is 21.9. The summed E-state index contributed by atoms with van der Waals surface area (Å²) < 4.78 is 53.7. The summed E-state index contributed by atoms with van der Waals surface area (Å²) in [5.41, 5.74) is 3.88. The highest BCUT2D eigenvalue weighted by molar-refractivity contribution is 5.67. The van der Waals surface area contributed by atoms with Gasteiger partial charge in [0.05, 0.1) is 7.11 Å². The van der Waals surface area contributed by atoms with Crippen molar-refractivity contribution in [3.63, 3.8) is 0 Å². The maximum Gasteiger partial charge on any atom is 0.201 e. The lowest BCUT2D eigenvalue weighted by Crippen LogP contribution is -2.00. The summed E-state index contributed by atoms with van der Waals surface area (Å²) in [7, 11) is 1.41. The Morgan fingerprint density at radius 1 is 0.727 bits per heavy atom. The molecule has 0 unspecified atom stereocenters. The average Bonchev–Trinajstić information content (AvgIpc) is 2.85. The van der Waals surface area contributed by atoms with Crippen LogP contribution in [0.25, 0.3) is 28.3 Å². The van der Waals surface area contributed by atoms with Crippen molar-refractivity contribution in [2.75, 3.05) is 7.11 Å². The van der Waals surface area contributed by atoms with Crippen LogP contribution in [0.2, 0.25) is 0 Å². The van der Waals surface area contributed by atoms with Crippen molar-refractivity contribution in [3.8, 4) is 33.8 Å². The van der Waals surface area contributed by atoms with E-state index in [0.29, 0.717) is 11.1 Å². The van der Waals surface area contributed by atoms with Crippen LogP contribution < -0.4 is 9.47 Å². The molecule has 0 amide bonds. The maximum atomic E-state index is 14.7. The molecule has 0 saturated heterocycles. The standard InChI is InChI=1S/C28H21F3O2/c1-3-18-4-10-21(11-5-18)23-13-15-26(28(31)27(23)30)33-17-19-6-8-20(9-7-19)22-12-14-25(32-2)24(29)16-22/h3-16H,1,17H2,2H3. The average molecular weight is 446 g/mol. The Labute approximate surface area is 190 Å². The largest absolute Gasteiger partial charge is 0.494 e. The lowest BCUT2D eigenvalue weighted by Gasteiger charge is -2.11. The smallest absolute Gasteiger partial charge is 0.201 e. The third-order valence-electron chi connectivity index (χ3n) is 5.34. The number of hydrogen-bond acceptors (Lipinski definition) is 2. The molecule has 5 heteroatoms. The molecule has 0 fully saturated rings. The fourth-order valence-corrected chi connectivity index (χ4v) is 3.47. The minimum atomic E-state index is -1.04. The Morgan fingerprint density at radius 3 is 2.00 bits per heavy atom. The van der Waals surface area contributed by atoms with E-state index in [-0.39, 0.29) is 23.7 Å². The zero-order valence-electron chi connectivity index (χ0n) is 17.9. The van der Waals surface area contributed by atoms with Gasteiger partial charge in [0.25, 0.3) is 0 Å². The number of methoxy groups -OCH3 is 1. The lowest BCUT2D eigenvalue weighted by molar-refractivity contribution is 0.285. The summed E-state index contributed by atoms with van der Waals surface area (Å²) in [6.07, 6.45) is 1.68. The van der Waals surface area contributed by atoms with Crippen LogP contribution in [0.1, 0.15) is 11.1 Å². The van der Waals surface area contributed by atoms with E-state index in [1.54, 1.807) is 54.6 Å². The third-order valence-corrected chi connectivity index (χ3v) is 5.34. The molecule has 0 aliphatic carbocycles. The molecule has 0 saturated carbocycles. The second kappa shape index (κ2) is 9.65. The van der Waals surface area contributed by atoms with Crippen LogP contribution in [-0.2, 0) is 6.61 Å². The Bertz CT molecular complexity index is 1280. The van der Waals surface area contributed by atoms with Crippen molar-refractivity contribution >= 4 is 6.08 Å². The minimum absolute atomic E-state index is 0.0565. The molecule has 33 heavy (non-hydrogen) atoms. The van der Waals surface area contributed by atoms with Gasteiger partial charge in [0, 0.05) is 5.56 Å². The SMILES string of the molecule is C=Cc1ccc(-c2ccc(OCc3ccc(-c4ccc(OC)c(F)c4)cc3)c(F)c2F)cc1. The van der Waals surface area contributed by atoms with Gasteiger partial charge in [0.15, 0.2) is 23.1 Å². The Morgan fingerprint density at radius 2 is 1.36 bits per heavy atom. The van der Waals surface area contributed by atoms with Gasteiger partial charge in [-0.05, 0) is 52.1 Å². The van der Waals surface area contributed by atoms with Crippen molar-refractivity contribution in [1.82, 2.24) is 0 Å². The molecule has 0 aliphatic heterocycles. The van der Waals surface area contributed by atoms with Gasteiger partial charge in [-0.2, -0.15) is 4.39 Å². The van der Waals surface area contributed by atoms with E-state index < -0.39 is 17.5 Å². The van der Waals surface area contributed by atoms with E-state index in [1.165, 1.54) is 25.3 Å². The van der Waals surface area contributed by atoms with Gasteiger partial charge >= 0.3 is 0 Å². The number of halogens is 3. The normalized spacial score (nSPS) is 10.7. The first kappa shape index (κ1) is 22.2. The third kappa shape index (κ3) is 4.77. The summed E-state index contributed by atoms with van der Waals surface area (Å²) in [5.74, 6) is -2.43. The van der Waals surface area contributed by atoms with E-state index in [4.69, 9.17) is 9.47 Å². The molecule has 2 nitrogen and oxygen atoms in total. The number of rotatable bonds is 7. The molecule has 4 aromatic rings. The summed E-state index contributed by atoms with van der Waals surface area (Å²) in [4.78, 5) is 0. The van der Waals surface area contributed by atoms with Crippen LogP contribution in [0.15, 0.2) is 85.4 Å². The van der Waals surface area contributed by atoms with Gasteiger partial charge in [-0.25, -0.2) is 8.78 Å². The number of benzene rings is 4. The van der Waals surface area contributed by atoms with Gasteiger partial charge < -0.3 is 9.47 Å². The monoisotopic (exact) mass is 446 g/mol. The molecule has 0 aliphatic rings. The predicted octanol–water partition coefficient (Wildman–Crippen LogP) is 7.67. The highest BCUT2D eigenvalue weighted by Gasteiger charge is 2.16. The molecule has 0 heterocycles. The van der Waals surface area contributed by atoms with Gasteiger partial charge in [0.1, 0.15) is 6.61 Å². The molecule has 4 rings (SSSR count). The Balaban J connectivity index is 1.47. The summed E-state index contributed by atoms with van der Waals surface area (Å²) >= 11 is 0. The van der Waals surface area contributed by atoms with E-state index >= 15 is 0 Å². The molecule has 166 valence electrons. The van der Waals surface area contributed by atoms with Crippen LogP contribution in [0, 0.1) is 17.5 Å². The van der Waals surface area contributed by atoms with Crippen molar-refractivity contribution in [2.24, 2.45) is 0 Å².